The molecule has 3 atom stereocenters. The molecule has 1 saturated heterocycles. The fourth-order valence-electron chi connectivity index (χ4n) is 4.52. The highest BCUT2D eigenvalue weighted by Crippen LogP contribution is 2.46. The van der Waals surface area contributed by atoms with E-state index >= 15 is 0 Å². The van der Waals surface area contributed by atoms with E-state index in [1.807, 2.05) is 18.2 Å². The molecule has 28 heavy (non-hydrogen) atoms. The van der Waals surface area contributed by atoms with Gasteiger partial charge in [-0.15, -0.1) is 0 Å². The Bertz CT molecular complexity index is 823. The fraction of sp³-hybridized carbons (Fsp3) is 0.455. The first-order chi connectivity index (χ1) is 13.5. The van der Waals surface area contributed by atoms with Gasteiger partial charge in [0.2, 0.25) is 0 Å². The third kappa shape index (κ3) is 3.76. The number of fused-ring (bicyclic) bond motifs is 1. The second-order valence-electron chi connectivity index (χ2n) is 7.61. The zero-order valence-electron chi connectivity index (χ0n) is 15.9. The van der Waals surface area contributed by atoms with Crippen LogP contribution in [-0.4, -0.2) is 25.9 Å². The lowest BCUT2D eigenvalue weighted by Crippen LogP contribution is -2.34. The highest BCUT2D eigenvalue weighted by Gasteiger charge is 2.44. The lowest BCUT2D eigenvalue weighted by Gasteiger charge is -2.23. The number of methoxy groups -OCH3 is 1. The molecule has 1 fully saturated rings. The number of benzene rings is 2. The van der Waals surface area contributed by atoms with Gasteiger partial charge in [-0.25, -0.2) is 0 Å². The average Bonchev–Trinajstić information content (AvgIpc) is 3.32. The van der Waals surface area contributed by atoms with Gasteiger partial charge in [-0.05, 0) is 54.6 Å². The number of hydrogen-bond acceptors (Lipinski definition) is 3. The van der Waals surface area contributed by atoms with E-state index in [9.17, 15) is 13.2 Å². The van der Waals surface area contributed by atoms with Gasteiger partial charge in [0.1, 0.15) is 5.75 Å². The Labute approximate surface area is 163 Å². The fourth-order valence-corrected chi connectivity index (χ4v) is 4.52. The number of aryl methyl sites for hydroxylation is 1. The molecule has 0 radical (unpaired) electrons. The molecule has 0 spiro atoms. The monoisotopic (exact) mass is 390 g/mol. The molecule has 1 aliphatic carbocycles. The van der Waals surface area contributed by atoms with E-state index in [4.69, 9.17) is 4.74 Å². The molecule has 0 saturated carbocycles. The van der Waals surface area contributed by atoms with E-state index < -0.39 is 12.1 Å². The molecule has 2 N–H and O–H groups in total. The number of ether oxygens (including phenoxy) is 1. The molecular formula is C22H25F3N2O. The summed E-state index contributed by atoms with van der Waals surface area (Å²) in [4.78, 5) is 0. The summed E-state index contributed by atoms with van der Waals surface area (Å²) in [7, 11) is 1.57. The minimum Gasteiger partial charge on any atom is -0.496 e. The van der Waals surface area contributed by atoms with Crippen molar-refractivity contribution in [2.45, 2.75) is 50.0 Å². The first kappa shape index (κ1) is 19.3. The third-order valence-corrected chi connectivity index (χ3v) is 5.95. The van der Waals surface area contributed by atoms with Gasteiger partial charge in [0, 0.05) is 24.2 Å². The first-order valence-electron chi connectivity index (χ1n) is 9.75. The van der Waals surface area contributed by atoms with Crippen molar-refractivity contribution in [1.82, 2.24) is 10.6 Å². The van der Waals surface area contributed by atoms with Crippen molar-refractivity contribution in [3.63, 3.8) is 0 Å². The third-order valence-electron chi connectivity index (χ3n) is 5.95. The van der Waals surface area contributed by atoms with E-state index in [1.165, 1.54) is 5.56 Å². The van der Waals surface area contributed by atoms with Crippen LogP contribution in [0.2, 0.25) is 0 Å². The lowest BCUT2D eigenvalue weighted by atomic mass is 9.97. The van der Waals surface area contributed by atoms with Crippen LogP contribution >= 0.6 is 0 Å². The van der Waals surface area contributed by atoms with Crippen molar-refractivity contribution in [2.75, 3.05) is 13.7 Å². The van der Waals surface area contributed by atoms with Crippen LogP contribution in [0.15, 0.2) is 42.5 Å². The van der Waals surface area contributed by atoms with Crippen LogP contribution in [0.25, 0.3) is 0 Å². The van der Waals surface area contributed by atoms with E-state index in [0.717, 1.165) is 24.1 Å². The number of alkyl halides is 3. The molecule has 0 aromatic heterocycles. The van der Waals surface area contributed by atoms with Crippen LogP contribution in [0, 0.1) is 0 Å². The van der Waals surface area contributed by atoms with Crippen LogP contribution in [0.5, 0.6) is 5.75 Å². The normalized spacial score (nSPS) is 24.4. The van der Waals surface area contributed by atoms with Crippen molar-refractivity contribution < 1.29 is 17.9 Å². The average molecular weight is 390 g/mol. The van der Waals surface area contributed by atoms with Gasteiger partial charge in [0.25, 0.3) is 0 Å². The molecule has 1 aliphatic heterocycles. The number of hydrogen-bond donors (Lipinski definition) is 2. The number of nitrogens with one attached hydrogen (secondary N) is 2. The highest BCUT2D eigenvalue weighted by molar-refractivity contribution is 5.47. The Hall–Kier alpha value is -2.05. The Morgan fingerprint density at radius 3 is 2.64 bits per heavy atom. The summed E-state index contributed by atoms with van der Waals surface area (Å²) in [5.74, 6) is -0.700. The minimum absolute atomic E-state index is 0.126. The smallest absolute Gasteiger partial charge is 0.395 e. The van der Waals surface area contributed by atoms with Crippen molar-refractivity contribution >= 4 is 0 Å². The van der Waals surface area contributed by atoms with Crippen molar-refractivity contribution in [1.29, 1.82) is 0 Å². The van der Waals surface area contributed by atoms with Crippen molar-refractivity contribution in [3.8, 4) is 5.75 Å². The number of halogens is 3. The maximum absolute atomic E-state index is 13.4. The molecule has 2 aromatic rings. The molecule has 6 heteroatoms. The highest BCUT2D eigenvalue weighted by atomic mass is 19.4. The summed E-state index contributed by atoms with van der Waals surface area (Å²) in [6, 6.07) is 14.1. The lowest BCUT2D eigenvalue weighted by molar-refractivity contribution is -0.149. The molecule has 2 aliphatic rings. The van der Waals surface area contributed by atoms with Crippen LogP contribution < -0.4 is 15.4 Å². The molecule has 2 unspecified atom stereocenters. The van der Waals surface area contributed by atoms with E-state index in [2.05, 4.69) is 22.8 Å². The van der Waals surface area contributed by atoms with Crippen molar-refractivity contribution in [3.05, 3.63) is 64.7 Å². The topological polar surface area (TPSA) is 33.3 Å². The summed E-state index contributed by atoms with van der Waals surface area (Å²) in [6.07, 6.45) is -2.65. The maximum atomic E-state index is 13.4. The molecule has 4 rings (SSSR count). The zero-order valence-corrected chi connectivity index (χ0v) is 15.9. The standard InChI is InChI=1S/C22H25F3N2O/c1-28-20-12-15-7-8-18(22(23,24)25)17(15)11-16(20)13-27-19-9-10-26-21(19)14-5-3-2-4-6-14/h2-6,11-12,18-19,21,26-27H,7-10,13H2,1H3/t18?,19?,21-/m0/s1. The minimum atomic E-state index is -4.20. The molecule has 3 nitrogen and oxygen atoms in total. The Morgan fingerprint density at radius 2 is 1.93 bits per heavy atom. The second-order valence-corrected chi connectivity index (χ2v) is 7.61. The molecular weight excluding hydrogens is 365 g/mol. The predicted molar refractivity (Wildman–Crippen MR) is 103 cm³/mol. The van der Waals surface area contributed by atoms with Crippen LogP contribution in [0.4, 0.5) is 13.2 Å². The summed E-state index contributed by atoms with van der Waals surface area (Å²) in [5.41, 5.74) is 3.17. The van der Waals surface area contributed by atoms with Crippen molar-refractivity contribution in [2.24, 2.45) is 0 Å². The number of rotatable bonds is 5. The summed E-state index contributed by atoms with van der Waals surface area (Å²) in [5, 5.41) is 7.06. The molecule has 1 heterocycles. The Balaban J connectivity index is 1.53. The van der Waals surface area contributed by atoms with Gasteiger partial charge in [-0.1, -0.05) is 30.3 Å². The first-order valence-corrected chi connectivity index (χ1v) is 9.75. The Morgan fingerprint density at radius 1 is 1.14 bits per heavy atom. The van der Waals surface area contributed by atoms with Gasteiger partial charge in [-0.3, -0.25) is 0 Å². The van der Waals surface area contributed by atoms with Gasteiger partial charge >= 0.3 is 6.18 Å². The second kappa shape index (κ2) is 7.76. The molecule has 0 amide bonds. The van der Waals surface area contributed by atoms with Crippen LogP contribution in [0.3, 0.4) is 0 Å². The van der Waals surface area contributed by atoms with Crippen LogP contribution in [-0.2, 0) is 13.0 Å². The van der Waals surface area contributed by atoms with E-state index in [1.54, 1.807) is 19.2 Å². The zero-order chi connectivity index (χ0) is 19.7. The van der Waals surface area contributed by atoms with Crippen LogP contribution in [0.1, 0.15) is 47.1 Å². The van der Waals surface area contributed by atoms with Gasteiger partial charge in [0.15, 0.2) is 0 Å². The van der Waals surface area contributed by atoms with Gasteiger partial charge < -0.3 is 15.4 Å². The van der Waals surface area contributed by atoms with Gasteiger partial charge in [0.05, 0.1) is 13.0 Å². The molecule has 150 valence electrons. The Kier molecular flexibility index (Phi) is 5.34. The summed E-state index contributed by atoms with van der Waals surface area (Å²) in [6.45, 7) is 1.39. The maximum Gasteiger partial charge on any atom is 0.395 e. The van der Waals surface area contributed by atoms with E-state index in [-0.39, 0.29) is 18.5 Å². The quantitative estimate of drug-likeness (QED) is 0.790. The molecule has 0 bridgehead atoms. The SMILES string of the molecule is COc1cc2c(cc1CNC1CCN[C@H]1c1ccccc1)C(C(F)(F)F)CC2. The van der Waals surface area contributed by atoms with Gasteiger partial charge in [-0.2, -0.15) is 13.2 Å². The van der Waals surface area contributed by atoms with E-state index in [0.29, 0.717) is 24.3 Å². The molecule has 2 aromatic carbocycles. The summed E-state index contributed by atoms with van der Waals surface area (Å²) < 4.78 is 45.6. The largest absolute Gasteiger partial charge is 0.496 e. The predicted octanol–water partition coefficient (Wildman–Crippen LogP) is 4.48. The summed E-state index contributed by atoms with van der Waals surface area (Å²) >= 11 is 0.